The van der Waals surface area contributed by atoms with E-state index in [0.29, 0.717) is 35.3 Å². The van der Waals surface area contributed by atoms with Crippen LogP contribution in [0.1, 0.15) is 22.3 Å². The molecule has 1 atom stereocenters. The summed E-state index contributed by atoms with van der Waals surface area (Å²) in [4.78, 5) is 14.6. The van der Waals surface area contributed by atoms with Crippen LogP contribution in [-0.4, -0.2) is 18.0 Å². The Labute approximate surface area is 109 Å². The summed E-state index contributed by atoms with van der Waals surface area (Å²) >= 11 is 5.79. The van der Waals surface area contributed by atoms with Crippen molar-refractivity contribution < 1.29 is 9.53 Å². The first-order valence-corrected chi connectivity index (χ1v) is 5.71. The van der Waals surface area contributed by atoms with Crippen molar-refractivity contribution in [1.29, 1.82) is 5.26 Å². The molecular formula is C13H9ClN2O2. The van der Waals surface area contributed by atoms with Gasteiger partial charge in [-0.15, -0.1) is 0 Å². The maximum atomic E-state index is 10.6. The molecule has 1 aromatic carbocycles. The zero-order valence-electron chi connectivity index (χ0n) is 9.34. The average Bonchev–Trinajstić information content (AvgIpc) is 2.41. The van der Waals surface area contributed by atoms with Crippen LogP contribution in [0, 0.1) is 11.3 Å². The Hall–Kier alpha value is -2.12. The number of hydrogen-bond acceptors (Lipinski definition) is 4. The zero-order valence-corrected chi connectivity index (χ0v) is 10.1. The van der Waals surface area contributed by atoms with Gasteiger partial charge in [-0.1, -0.05) is 11.6 Å². The second-order valence-electron chi connectivity index (χ2n) is 3.64. The van der Waals surface area contributed by atoms with E-state index in [4.69, 9.17) is 21.6 Å². The molecule has 90 valence electrons. The fourth-order valence-corrected chi connectivity index (χ4v) is 1.62. The number of carbonyl (C=O) groups excluding carboxylic acids is 1. The van der Waals surface area contributed by atoms with Gasteiger partial charge in [0.1, 0.15) is 29.4 Å². The number of dihydropyridines is 1. The summed E-state index contributed by atoms with van der Waals surface area (Å²) < 4.78 is 5.54. The van der Waals surface area contributed by atoms with Crippen LogP contribution in [0.25, 0.3) is 0 Å². The summed E-state index contributed by atoms with van der Waals surface area (Å²) in [6.07, 6.45) is 4.60. The van der Waals surface area contributed by atoms with E-state index in [-0.39, 0.29) is 5.50 Å². The van der Waals surface area contributed by atoms with Gasteiger partial charge in [-0.25, -0.2) is 0 Å². The Morgan fingerprint density at radius 2 is 2.39 bits per heavy atom. The van der Waals surface area contributed by atoms with Gasteiger partial charge in [-0.3, -0.25) is 9.79 Å². The number of aliphatic imine (C=N–C) groups is 1. The third-order valence-corrected chi connectivity index (χ3v) is 2.66. The van der Waals surface area contributed by atoms with Crippen LogP contribution < -0.4 is 4.74 Å². The van der Waals surface area contributed by atoms with Gasteiger partial charge < -0.3 is 4.74 Å². The van der Waals surface area contributed by atoms with Crippen LogP contribution in [0.4, 0.5) is 0 Å². The normalized spacial score (nSPS) is 17.8. The lowest BCUT2D eigenvalue weighted by Crippen LogP contribution is -2.06. The summed E-state index contributed by atoms with van der Waals surface area (Å²) in [7, 11) is 0. The lowest BCUT2D eigenvalue weighted by Gasteiger charge is -2.12. The summed E-state index contributed by atoms with van der Waals surface area (Å²) in [6, 6.07) is 6.64. The molecule has 1 heterocycles. The molecule has 0 bridgehead atoms. The molecule has 0 N–H and O–H groups in total. The highest BCUT2D eigenvalue weighted by Gasteiger charge is 2.10. The molecular weight excluding hydrogens is 252 g/mol. The minimum atomic E-state index is -0.259. The molecule has 5 heteroatoms. The van der Waals surface area contributed by atoms with Crippen LogP contribution in [0.2, 0.25) is 0 Å². The number of allylic oxidation sites excluding steroid dienone is 1. The van der Waals surface area contributed by atoms with Crippen LogP contribution in [-0.2, 0) is 0 Å². The number of halogens is 1. The van der Waals surface area contributed by atoms with E-state index in [1.807, 2.05) is 6.07 Å². The quantitative estimate of drug-likeness (QED) is 0.477. The van der Waals surface area contributed by atoms with Crippen molar-refractivity contribution >= 4 is 24.1 Å². The number of rotatable bonds is 3. The zero-order chi connectivity index (χ0) is 13.0. The van der Waals surface area contributed by atoms with E-state index in [9.17, 15) is 4.79 Å². The predicted octanol–water partition coefficient (Wildman–Crippen LogP) is 2.67. The largest absolute Gasteiger partial charge is 0.455 e. The number of carbonyl (C=O) groups is 1. The van der Waals surface area contributed by atoms with Crippen LogP contribution in [0.15, 0.2) is 35.0 Å². The molecule has 0 aromatic heterocycles. The minimum Gasteiger partial charge on any atom is -0.455 e. The monoisotopic (exact) mass is 260 g/mol. The Kier molecular flexibility index (Phi) is 3.75. The topological polar surface area (TPSA) is 62.5 Å². The van der Waals surface area contributed by atoms with Gasteiger partial charge >= 0.3 is 0 Å². The van der Waals surface area contributed by atoms with Crippen molar-refractivity contribution in [3.63, 3.8) is 0 Å². The minimum absolute atomic E-state index is 0.259. The number of nitrogens with zero attached hydrogens (tertiary/aromatic N) is 2. The summed E-state index contributed by atoms with van der Waals surface area (Å²) in [5, 5.41) is 8.99. The molecule has 0 spiro atoms. The third kappa shape index (κ3) is 2.76. The number of hydrogen-bond donors (Lipinski definition) is 0. The van der Waals surface area contributed by atoms with E-state index in [0.717, 1.165) is 0 Å². The van der Waals surface area contributed by atoms with Crippen molar-refractivity contribution in [1.82, 2.24) is 0 Å². The summed E-state index contributed by atoms with van der Waals surface area (Å²) in [5.74, 6) is 0.941. The SMILES string of the molecule is N#Cc1cc(C=O)ccc1OC1=CCC(Cl)N=C1. The highest BCUT2D eigenvalue weighted by molar-refractivity contribution is 6.21. The van der Waals surface area contributed by atoms with Crippen molar-refractivity contribution in [2.45, 2.75) is 11.9 Å². The molecule has 1 aromatic rings. The predicted molar refractivity (Wildman–Crippen MR) is 68.0 cm³/mol. The summed E-state index contributed by atoms with van der Waals surface area (Å²) in [6.45, 7) is 0. The first-order valence-electron chi connectivity index (χ1n) is 5.27. The second-order valence-corrected chi connectivity index (χ2v) is 4.15. The fraction of sp³-hybridized carbons (Fsp3) is 0.154. The molecule has 0 aliphatic carbocycles. The first-order chi connectivity index (χ1) is 8.72. The Morgan fingerprint density at radius 3 is 3.00 bits per heavy atom. The molecule has 0 fully saturated rings. The van der Waals surface area contributed by atoms with E-state index in [1.165, 1.54) is 12.3 Å². The van der Waals surface area contributed by atoms with Gasteiger partial charge in [0.25, 0.3) is 0 Å². The lowest BCUT2D eigenvalue weighted by molar-refractivity contribution is 0.112. The number of nitriles is 1. The maximum absolute atomic E-state index is 10.6. The lowest BCUT2D eigenvalue weighted by atomic mass is 10.1. The van der Waals surface area contributed by atoms with Crippen LogP contribution >= 0.6 is 11.6 Å². The Bertz CT molecular complexity index is 573. The maximum Gasteiger partial charge on any atom is 0.150 e. The van der Waals surface area contributed by atoms with Gasteiger partial charge in [0.05, 0.1) is 11.8 Å². The highest BCUT2D eigenvalue weighted by Crippen LogP contribution is 2.22. The van der Waals surface area contributed by atoms with E-state index < -0.39 is 0 Å². The first kappa shape index (κ1) is 12.3. The van der Waals surface area contributed by atoms with Gasteiger partial charge in [0, 0.05) is 12.0 Å². The van der Waals surface area contributed by atoms with Gasteiger partial charge in [0.15, 0.2) is 0 Å². The molecule has 18 heavy (non-hydrogen) atoms. The molecule has 0 amide bonds. The van der Waals surface area contributed by atoms with Crippen molar-refractivity contribution in [3.8, 4) is 11.8 Å². The van der Waals surface area contributed by atoms with E-state index in [2.05, 4.69) is 4.99 Å². The third-order valence-electron chi connectivity index (χ3n) is 2.37. The summed E-state index contributed by atoms with van der Waals surface area (Å²) in [5.41, 5.74) is 0.484. The van der Waals surface area contributed by atoms with Gasteiger partial charge in [-0.05, 0) is 24.3 Å². The van der Waals surface area contributed by atoms with Gasteiger partial charge in [-0.2, -0.15) is 5.26 Å². The molecule has 2 rings (SSSR count). The Morgan fingerprint density at radius 1 is 1.56 bits per heavy atom. The van der Waals surface area contributed by atoms with Crippen molar-refractivity contribution in [2.24, 2.45) is 4.99 Å². The van der Waals surface area contributed by atoms with Crippen LogP contribution in [0.3, 0.4) is 0 Å². The van der Waals surface area contributed by atoms with E-state index >= 15 is 0 Å². The fourth-order valence-electron chi connectivity index (χ4n) is 1.47. The average molecular weight is 261 g/mol. The second kappa shape index (κ2) is 5.48. The molecule has 0 saturated carbocycles. The number of alkyl halides is 1. The highest BCUT2D eigenvalue weighted by atomic mass is 35.5. The van der Waals surface area contributed by atoms with E-state index in [1.54, 1.807) is 18.2 Å². The standard InChI is InChI=1S/C13H9ClN2O2/c14-13-4-2-11(7-16-13)18-12-3-1-9(8-17)5-10(12)6-15/h1-3,5,7-8,13H,4H2. The van der Waals surface area contributed by atoms with Gasteiger partial charge in [0.2, 0.25) is 0 Å². The molecule has 1 unspecified atom stereocenters. The number of ether oxygens (including phenoxy) is 1. The smallest absolute Gasteiger partial charge is 0.150 e. The van der Waals surface area contributed by atoms with Crippen molar-refractivity contribution in [2.75, 3.05) is 0 Å². The van der Waals surface area contributed by atoms with Crippen molar-refractivity contribution in [3.05, 3.63) is 41.2 Å². The number of benzene rings is 1. The molecule has 1 aliphatic heterocycles. The molecule has 0 saturated heterocycles. The van der Waals surface area contributed by atoms with Crippen LogP contribution in [0.5, 0.6) is 5.75 Å². The Balaban J connectivity index is 2.22. The molecule has 4 nitrogen and oxygen atoms in total. The molecule has 1 aliphatic rings. The molecule has 0 radical (unpaired) electrons. The number of aldehydes is 1.